The molecular weight excluding hydrogens is 432 g/mol. The van der Waals surface area contributed by atoms with Crippen molar-refractivity contribution < 1.29 is 23.9 Å². The number of hydrogen-bond acceptors (Lipinski definition) is 5. The first-order valence-corrected chi connectivity index (χ1v) is 11.9. The number of amides is 3. The highest BCUT2D eigenvalue weighted by Crippen LogP contribution is 2.40. The Hall–Kier alpha value is -3.48. The molecule has 3 fully saturated rings. The van der Waals surface area contributed by atoms with Crippen LogP contribution in [0.2, 0.25) is 0 Å². The van der Waals surface area contributed by atoms with Crippen LogP contribution in [0.5, 0.6) is 5.75 Å². The van der Waals surface area contributed by atoms with Gasteiger partial charge in [-0.25, -0.2) is 4.90 Å². The molecule has 3 aliphatic rings. The number of ether oxygens (including phenoxy) is 1. The van der Waals surface area contributed by atoms with Gasteiger partial charge in [0.25, 0.3) is 0 Å². The topological polar surface area (TPSA) is 84.0 Å². The molecule has 0 bridgehead atoms. The van der Waals surface area contributed by atoms with Gasteiger partial charge in [-0.1, -0.05) is 25.0 Å². The van der Waals surface area contributed by atoms with Gasteiger partial charge in [-0.3, -0.25) is 19.2 Å². The first-order chi connectivity index (χ1) is 16.3. The molecule has 176 valence electrons. The Labute approximate surface area is 198 Å². The van der Waals surface area contributed by atoms with E-state index in [0.717, 1.165) is 42.5 Å². The van der Waals surface area contributed by atoms with Crippen molar-refractivity contribution in [2.75, 3.05) is 16.3 Å². The molecule has 2 aliphatic heterocycles. The van der Waals surface area contributed by atoms with Gasteiger partial charge in [0.15, 0.2) is 0 Å². The van der Waals surface area contributed by atoms with E-state index in [-0.39, 0.29) is 48.3 Å². The van der Waals surface area contributed by atoms with Crippen LogP contribution in [-0.4, -0.2) is 30.2 Å². The third kappa shape index (κ3) is 3.89. The van der Waals surface area contributed by atoms with Gasteiger partial charge in [-0.05, 0) is 62.1 Å². The van der Waals surface area contributed by atoms with Gasteiger partial charge in [0, 0.05) is 24.7 Å². The molecule has 0 spiro atoms. The minimum absolute atomic E-state index is 0.0813. The van der Waals surface area contributed by atoms with Crippen LogP contribution < -0.4 is 14.5 Å². The third-order valence-corrected chi connectivity index (χ3v) is 7.40. The zero-order chi connectivity index (χ0) is 24.0. The average molecular weight is 461 g/mol. The third-order valence-electron chi connectivity index (χ3n) is 7.40. The van der Waals surface area contributed by atoms with Crippen LogP contribution in [-0.2, 0) is 19.2 Å². The molecule has 2 aromatic rings. The minimum atomic E-state index is -0.587. The molecule has 2 heterocycles. The summed E-state index contributed by atoms with van der Waals surface area (Å²) >= 11 is 0. The second-order valence-corrected chi connectivity index (χ2v) is 9.60. The molecule has 3 amide bonds. The zero-order valence-corrected chi connectivity index (χ0v) is 19.5. The number of anilines is 2. The maximum absolute atomic E-state index is 12.9. The number of aryl methyl sites for hydroxylation is 2. The maximum atomic E-state index is 12.9. The number of rotatable bonds is 4. The molecule has 1 aliphatic carbocycles. The fourth-order valence-corrected chi connectivity index (χ4v) is 5.31. The van der Waals surface area contributed by atoms with E-state index in [2.05, 4.69) is 0 Å². The quantitative estimate of drug-likeness (QED) is 0.392. The normalized spacial score (nSPS) is 24.5. The maximum Gasteiger partial charge on any atom is 0.316 e. The summed E-state index contributed by atoms with van der Waals surface area (Å²) in [6.45, 7) is 4.26. The lowest BCUT2D eigenvalue weighted by atomic mass is 9.81. The fraction of sp³-hybridized carbons (Fsp3) is 0.407. The predicted molar refractivity (Wildman–Crippen MR) is 126 cm³/mol. The SMILES string of the molecule is Cc1ccc(N2C[C@H](C(=O)Oc3cccc(N4C(=O)[C@H]5CCCC[C@@H]5C4=O)c3)CC2=O)cc1C. The highest BCUT2D eigenvalue weighted by atomic mass is 16.5. The Kier molecular flexibility index (Phi) is 5.71. The molecule has 5 rings (SSSR count). The summed E-state index contributed by atoms with van der Waals surface area (Å²) in [7, 11) is 0. The lowest BCUT2D eigenvalue weighted by Crippen LogP contribution is -2.31. The van der Waals surface area contributed by atoms with E-state index in [1.54, 1.807) is 29.2 Å². The van der Waals surface area contributed by atoms with E-state index in [1.165, 1.54) is 4.90 Å². The molecule has 2 aromatic carbocycles. The van der Waals surface area contributed by atoms with Crippen LogP contribution in [0.4, 0.5) is 11.4 Å². The van der Waals surface area contributed by atoms with Gasteiger partial charge in [0.2, 0.25) is 17.7 Å². The molecule has 34 heavy (non-hydrogen) atoms. The molecule has 7 nitrogen and oxygen atoms in total. The van der Waals surface area contributed by atoms with Crippen LogP contribution >= 0.6 is 0 Å². The van der Waals surface area contributed by atoms with Crippen molar-refractivity contribution in [1.82, 2.24) is 0 Å². The molecule has 0 N–H and O–H groups in total. The van der Waals surface area contributed by atoms with Crippen molar-refractivity contribution in [1.29, 1.82) is 0 Å². The van der Waals surface area contributed by atoms with E-state index in [4.69, 9.17) is 4.74 Å². The summed E-state index contributed by atoms with van der Waals surface area (Å²) in [5.74, 6) is -1.75. The van der Waals surface area contributed by atoms with Crippen LogP contribution in [0.3, 0.4) is 0 Å². The lowest BCUT2D eigenvalue weighted by molar-refractivity contribution is -0.139. The van der Waals surface area contributed by atoms with E-state index in [9.17, 15) is 19.2 Å². The van der Waals surface area contributed by atoms with Crippen LogP contribution in [0.15, 0.2) is 42.5 Å². The highest BCUT2D eigenvalue weighted by Gasteiger charge is 2.48. The predicted octanol–water partition coefficient (Wildman–Crippen LogP) is 3.94. The summed E-state index contributed by atoms with van der Waals surface area (Å²) in [4.78, 5) is 54.1. The molecule has 2 saturated heterocycles. The van der Waals surface area contributed by atoms with E-state index in [0.29, 0.717) is 5.69 Å². The van der Waals surface area contributed by atoms with Gasteiger partial charge in [-0.15, -0.1) is 0 Å². The van der Waals surface area contributed by atoms with Gasteiger partial charge in [0.1, 0.15) is 5.75 Å². The summed E-state index contributed by atoms with van der Waals surface area (Å²) < 4.78 is 5.60. The summed E-state index contributed by atoms with van der Waals surface area (Å²) in [6.07, 6.45) is 3.49. The Morgan fingerprint density at radius 2 is 1.59 bits per heavy atom. The van der Waals surface area contributed by atoms with Crippen molar-refractivity contribution >= 4 is 35.1 Å². The summed E-state index contributed by atoms with van der Waals surface area (Å²) in [6, 6.07) is 12.3. The molecule has 0 radical (unpaired) electrons. The highest BCUT2D eigenvalue weighted by molar-refractivity contribution is 6.22. The number of benzene rings is 2. The van der Waals surface area contributed by atoms with E-state index >= 15 is 0 Å². The van der Waals surface area contributed by atoms with Gasteiger partial charge >= 0.3 is 5.97 Å². The molecule has 1 saturated carbocycles. The van der Waals surface area contributed by atoms with Crippen molar-refractivity contribution in [3.63, 3.8) is 0 Å². The largest absolute Gasteiger partial charge is 0.426 e. The monoisotopic (exact) mass is 460 g/mol. The Bertz CT molecular complexity index is 1170. The van der Waals surface area contributed by atoms with Crippen LogP contribution in [0, 0.1) is 31.6 Å². The first-order valence-electron chi connectivity index (χ1n) is 11.9. The second-order valence-electron chi connectivity index (χ2n) is 9.60. The van der Waals surface area contributed by atoms with Crippen LogP contribution in [0.25, 0.3) is 0 Å². The number of nitrogens with zero attached hydrogens (tertiary/aromatic N) is 2. The Morgan fingerprint density at radius 1 is 0.882 bits per heavy atom. The molecule has 3 atom stereocenters. The number of carbonyl (C=O) groups excluding carboxylic acids is 4. The average Bonchev–Trinajstić information content (AvgIpc) is 3.34. The molecule has 7 heteroatoms. The van der Waals surface area contributed by atoms with E-state index < -0.39 is 11.9 Å². The van der Waals surface area contributed by atoms with Gasteiger partial charge in [0.05, 0.1) is 23.4 Å². The summed E-state index contributed by atoms with van der Waals surface area (Å²) in [5.41, 5.74) is 3.42. The van der Waals surface area contributed by atoms with Gasteiger partial charge in [-0.2, -0.15) is 0 Å². The number of imide groups is 1. The smallest absolute Gasteiger partial charge is 0.316 e. The molecular formula is C27H28N2O5. The van der Waals surface area contributed by atoms with Crippen molar-refractivity contribution in [2.24, 2.45) is 17.8 Å². The number of esters is 1. The number of fused-ring (bicyclic) bond motifs is 1. The number of hydrogen-bond donors (Lipinski definition) is 0. The van der Waals surface area contributed by atoms with Crippen LogP contribution in [0.1, 0.15) is 43.2 Å². The first kappa shape index (κ1) is 22.3. The second kappa shape index (κ2) is 8.70. The van der Waals surface area contributed by atoms with Gasteiger partial charge < -0.3 is 9.64 Å². The lowest BCUT2D eigenvalue weighted by Gasteiger charge is -2.19. The van der Waals surface area contributed by atoms with Crippen molar-refractivity contribution in [3.8, 4) is 5.75 Å². The van der Waals surface area contributed by atoms with E-state index in [1.807, 2.05) is 32.0 Å². The zero-order valence-electron chi connectivity index (χ0n) is 19.5. The van der Waals surface area contributed by atoms with Crippen molar-refractivity contribution in [3.05, 3.63) is 53.6 Å². The number of carbonyl (C=O) groups is 4. The van der Waals surface area contributed by atoms with Crippen molar-refractivity contribution in [2.45, 2.75) is 46.0 Å². The minimum Gasteiger partial charge on any atom is -0.426 e. The standard InChI is InChI=1S/C27H28N2O5/c1-16-10-11-19(12-17(16)2)28-15-18(13-24(28)30)27(33)34-21-7-5-6-20(14-21)29-25(31)22-8-3-4-9-23(22)26(29)32/h5-7,10-12,14,18,22-23H,3-4,8-9,13,15H2,1-2H3/t18-,22+,23+/m1/s1. The molecule has 0 aromatic heterocycles. The Morgan fingerprint density at radius 3 is 2.26 bits per heavy atom. The Balaban J connectivity index is 1.29. The molecule has 0 unspecified atom stereocenters. The fourth-order valence-electron chi connectivity index (χ4n) is 5.31. The summed E-state index contributed by atoms with van der Waals surface area (Å²) in [5, 5.41) is 0.